The number of esters is 2. The van der Waals surface area contributed by atoms with E-state index < -0.39 is 29.0 Å². The third kappa shape index (κ3) is 5.46. The van der Waals surface area contributed by atoms with Crippen LogP contribution in [0.5, 0.6) is 0 Å². The molecule has 0 saturated carbocycles. The number of rotatable bonds is 7. The lowest BCUT2D eigenvalue weighted by molar-refractivity contribution is -0.384. The molecule has 200 valence electrons. The minimum absolute atomic E-state index is 0.00708. The van der Waals surface area contributed by atoms with Crippen molar-refractivity contribution in [2.75, 3.05) is 26.7 Å². The largest absolute Gasteiger partial charge is 0.466 e. The van der Waals surface area contributed by atoms with Crippen LogP contribution in [0.2, 0.25) is 0 Å². The van der Waals surface area contributed by atoms with Gasteiger partial charge in [-0.05, 0) is 31.9 Å². The van der Waals surface area contributed by atoms with Crippen molar-refractivity contribution in [1.82, 2.24) is 15.5 Å². The molecule has 0 bridgehead atoms. The smallest absolute Gasteiger partial charge is 0.338 e. The quantitative estimate of drug-likeness (QED) is 0.321. The molecule has 0 spiro atoms. The zero-order valence-corrected chi connectivity index (χ0v) is 21.9. The van der Waals surface area contributed by atoms with E-state index in [0.717, 1.165) is 12.1 Å². The molecule has 10 nitrogen and oxygen atoms in total. The van der Waals surface area contributed by atoms with E-state index >= 15 is 0 Å². The lowest BCUT2D eigenvalue weighted by Gasteiger charge is -2.40. The molecular formula is C28H32N4O6. The summed E-state index contributed by atoms with van der Waals surface area (Å²) in [4.78, 5) is 39.8. The fourth-order valence-electron chi connectivity index (χ4n) is 5.22. The number of non-ortho nitro benzene ring substituents is 1. The summed E-state index contributed by atoms with van der Waals surface area (Å²) < 4.78 is 11.1. The fraction of sp³-hybridized carbons (Fsp3) is 0.357. The number of piperazine rings is 1. The van der Waals surface area contributed by atoms with Gasteiger partial charge in [0.15, 0.2) is 6.23 Å². The van der Waals surface area contributed by atoms with Gasteiger partial charge in [0.1, 0.15) is 0 Å². The Bertz CT molecular complexity index is 1290. The van der Waals surface area contributed by atoms with Crippen LogP contribution in [0.1, 0.15) is 43.9 Å². The third-order valence-corrected chi connectivity index (χ3v) is 7.01. The minimum Gasteiger partial charge on any atom is -0.466 e. The lowest BCUT2D eigenvalue weighted by Crippen LogP contribution is -2.51. The Hall–Kier alpha value is -4.02. The molecule has 1 fully saturated rings. The molecule has 0 aromatic heterocycles. The van der Waals surface area contributed by atoms with E-state index in [1.54, 1.807) is 19.9 Å². The SMILES string of the molecule is COC(=O)C1=C(C)NC(C)=C(C(=O)OC(C)N2CCNCC2c2ccccc2)C1c1cccc([N+](=O)[O-])c1. The van der Waals surface area contributed by atoms with Crippen LogP contribution >= 0.6 is 0 Å². The molecule has 1 saturated heterocycles. The molecule has 4 rings (SSSR count). The monoisotopic (exact) mass is 520 g/mol. The zero-order chi connectivity index (χ0) is 27.4. The number of benzene rings is 2. The number of hydrogen-bond donors (Lipinski definition) is 2. The molecule has 3 unspecified atom stereocenters. The van der Waals surface area contributed by atoms with E-state index in [-0.39, 0.29) is 22.9 Å². The van der Waals surface area contributed by atoms with Gasteiger partial charge in [0.2, 0.25) is 0 Å². The summed E-state index contributed by atoms with van der Waals surface area (Å²) in [5, 5.41) is 18.0. The van der Waals surface area contributed by atoms with Crippen molar-refractivity contribution in [2.45, 2.75) is 39.0 Å². The first kappa shape index (κ1) is 27.0. The van der Waals surface area contributed by atoms with Gasteiger partial charge < -0.3 is 20.1 Å². The van der Waals surface area contributed by atoms with Gasteiger partial charge in [0.05, 0.1) is 35.1 Å². The van der Waals surface area contributed by atoms with E-state index in [0.29, 0.717) is 30.0 Å². The van der Waals surface area contributed by atoms with Crippen molar-refractivity contribution in [3.63, 3.8) is 0 Å². The number of carbonyl (C=O) groups is 2. The van der Waals surface area contributed by atoms with Crippen LogP contribution in [-0.2, 0) is 19.1 Å². The van der Waals surface area contributed by atoms with Gasteiger partial charge >= 0.3 is 11.9 Å². The molecule has 2 aromatic carbocycles. The van der Waals surface area contributed by atoms with Crippen molar-refractivity contribution < 1.29 is 24.0 Å². The number of dihydropyridines is 1. The van der Waals surface area contributed by atoms with Crippen LogP contribution in [0.25, 0.3) is 0 Å². The molecule has 2 aromatic rings. The van der Waals surface area contributed by atoms with Crippen LogP contribution in [-0.4, -0.2) is 54.7 Å². The number of allylic oxidation sites excluding steroid dienone is 2. The van der Waals surface area contributed by atoms with Crippen LogP contribution in [0.15, 0.2) is 77.1 Å². The Kier molecular flexibility index (Phi) is 8.23. The normalized spacial score (nSPS) is 20.9. The highest BCUT2D eigenvalue weighted by Gasteiger charge is 2.39. The Morgan fingerprint density at radius 2 is 1.68 bits per heavy atom. The van der Waals surface area contributed by atoms with Crippen molar-refractivity contribution in [3.05, 3.63) is 98.4 Å². The number of ether oxygens (including phenoxy) is 2. The number of nitro groups is 1. The van der Waals surface area contributed by atoms with E-state index in [4.69, 9.17) is 9.47 Å². The molecule has 0 radical (unpaired) electrons. The third-order valence-electron chi connectivity index (χ3n) is 7.01. The Labute approximate surface area is 221 Å². The topological polar surface area (TPSA) is 123 Å². The Balaban J connectivity index is 1.69. The highest BCUT2D eigenvalue weighted by Crippen LogP contribution is 2.40. The summed E-state index contributed by atoms with van der Waals surface area (Å²) in [6.45, 7) is 7.39. The molecular weight excluding hydrogens is 488 g/mol. The maximum atomic E-state index is 13.8. The zero-order valence-electron chi connectivity index (χ0n) is 21.9. The van der Waals surface area contributed by atoms with Gasteiger partial charge in [-0.15, -0.1) is 0 Å². The number of nitro benzene ring substituents is 1. The molecule has 0 amide bonds. The molecule has 10 heteroatoms. The number of hydrogen-bond acceptors (Lipinski definition) is 9. The van der Waals surface area contributed by atoms with E-state index in [1.807, 2.05) is 37.3 Å². The second-order valence-electron chi connectivity index (χ2n) is 9.35. The summed E-state index contributed by atoms with van der Waals surface area (Å²) in [7, 11) is 1.26. The molecule has 2 N–H and O–H groups in total. The van der Waals surface area contributed by atoms with E-state index in [2.05, 4.69) is 15.5 Å². The first-order chi connectivity index (χ1) is 18.2. The summed E-state index contributed by atoms with van der Waals surface area (Å²) in [6, 6.07) is 15.9. The number of nitrogens with zero attached hydrogens (tertiary/aromatic N) is 2. The van der Waals surface area contributed by atoms with Crippen LogP contribution in [0.3, 0.4) is 0 Å². The standard InChI is InChI=1S/C28H32N4O6/c1-17-24(27(33)37-4)26(21-11-8-12-22(15-21)32(35)36)25(18(2)30-17)28(34)38-19(3)31-14-13-29-16-23(31)20-9-6-5-7-10-20/h5-12,15,19,23,26,29-30H,13-14,16H2,1-4H3. The second kappa shape index (κ2) is 11.6. The predicted octanol–water partition coefficient (Wildman–Crippen LogP) is 3.54. The van der Waals surface area contributed by atoms with Gasteiger partial charge in [-0.3, -0.25) is 15.0 Å². The Morgan fingerprint density at radius 3 is 2.34 bits per heavy atom. The summed E-state index contributed by atoms with van der Waals surface area (Å²) in [6.07, 6.45) is -0.575. The van der Waals surface area contributed by atoms with Gasteiger partial charge in [-0.25, -0.2) is 9.59 Å². The summed E-state index contributed by atoms with van der Waals surface area (Å²) >= 11 is 0. The van der Waals surface area contributed by atoms with Gasteiger partial charge in [-0.1, -0.05) is 42.5 Å². The molecule has 2 aliphatic rings. The van der Waals surface area contributed by atoms with Crippen LogP contribution in [0.4, 0.5) is 5.69 Å². The number of methoxy groups -OCH3 is 1. The Morgan fingerprint density at radius 1 is 1.03 bits per heavy atom. The highest BCUT2D eigenvalue weighted by atomic mass is 16.6. The maximum absolute atomic E-state index is 13.8. The second-order valence-corrected chi connectivity index (χ2v) is 9.35. The first-order valence-corrected chi connectivity index (χ1v) is 12.5. The van der Waals surface area contributed by atoms with Crippen molar-refractivity contribution in [1.29, 1.82) is 0 Å². The fourth-order valence-corrected chi connectivity index (χ4v) is 5.22. The molecule has 3 atom stereocenters. The number of nitrogens with one attached hydrogen (secondary N) is 2. The van der Waals surface area contributed by atoms with E-state index in [9.17, 15) is 19.7 Å². The number of carbonyl (C=O) groups excluding carboxylic acids is 2. The molecule has 2 aliphatic heterocycles. The molecule has 0 aliphatic carbocycles. The minimum atomic E-state index is -0.906. The summed E-state index contributed by atoms with van der Waals surface area (Å²) in [5.74, 6) is -2.15. The van der Waals surface area contributed by atoms with Gasteiger partial charge in [-0.2, -0.15) is 0 Å². The highest BCUT2D eigenvalue weighted by molar-refractivity contribution is 6.00. The van der Waals surface area contributed by atoms with Crippen LogP contribution in [0, 0.1) is 10.1 Å². The molecule has 2 heterocycles. The maximum Gasteiger partial charge on any atom is 0.338 e. The van der Waals surface area contributed by atoms with Crippen LogP contribution < -0.4 is 10.6 Å². The lowest BCUT2D eigenvalue weighted by atomic mass is 9.80. The van der Waals surface area contributed by atoms with Crippen molar-refractivity contribution in [2.24, 2.45) is 0 Å². The predicted molar refractivity (Wildman–Crippen MR) is 141 cm³/mol. The van der Waals surface area contributed by atoms with Gasteiger partial charge in [0.25, 0.3) is 5.69 Å². The average molecular weight is 521 g/mol. The average Bonchev–Trinajstić information content (AvgIpc) is 2.92. The summed E-state index contributed by atoms with van der Waals surface area (Å²) in [5.41, 5.74) is 2.79. The van der Waals surface area contributed by atoms with Crippen molar-refractivity contribution in [3.8, 4) is 0 Å². The van der Waals surface area contributed by atoms with E-state index in [1.165, 1.54) is 25.3 Å². The molecule has 38 heavy (non-hydrogen) atoms. The van der Waals surface area contributed by atoms with Crippen molar-refractivity contribution >= 4 is 17.6 Å². The first-order valence-electron chi connectivity index (χ1n) is 12.5. The van der Waals surface area contributed by atoms with Gasteiger partial charge in [0, 0.05) is 43.2 Å².